The van der Waals surface area contributed by atoms with E-state index in [1.165, 1.54) is 18.3 Å². The number of hydrogen-bond donors (Lipinski definition) is 2. The number of nitrogens with zero attached hydrogens (tertiary/aromatic N) is 1. The number of hydrogen-bond acceptors (Lipinski definition) is 4. The molecule has 0 bridgehead atoms. The fourth-order valence-corrected chi connectivity index (χ4v) is 2.28. The Bertz CT molecular complexity index is 450. The summed E-state index contributed by atoms with van der Waals surface area (Å²) in [5.41, 5.74) is 5.44. The second-order valence-electron chi connectivity index (χ2n) is 2.90. The zero-order chi connectivity index (χ0) is 12.2. The third kappa shape index (κ3) is 3.19. The summed E-state index contributed by atoms with van der Waals surface area (Å²) in [6.45, 7) is -1.01. The number of nitrogens with two attached hydrogens (primary N) is 1. The fraction of sp³-hybridized carbons (Fsp3) is 0.375. The van der Waals surface area contributed by atoms with E-state index < -0.39 is 23.0 Å². The van der Waals surface area contributed by atoms with Crippen LogP contribution in [-0.4, -0.2) is 26.4 Å². The van der Waals surface area contributed by atoms with Crippen molar-refractivity contribution in [2.45, 2.75) is 17.9 Å². The Morgan fingerprint density at radius 1 is 1.50 bits per heavy atom. The number of nitrogens with one attached hydrogen (secondary N) is 1. The van der Waals surface area contributed by atoms with Gasteiger partial charge in [-0.25, -0.2) is 21.9 Å². The Morgan fingerprint density at radius 3 is 2.75 bits per heavy atom. The molecule has 0 aliphatic heterocycles. The third-order valence-corrected chi connectivity index (χ3v) is 3.26. The van der Waals surface area contributed by atoms with Gasteiger partial charge in [0.15, 0.2) is 0 Å². The summed E-state index contributed by atoms with van der Waals surface area (Å²) in [4.78, 5) is 3.59. The second kappa shape index (κ2) is 5.28. The maximum Gasteiger partial charge on any atom is 0.251 e. The number of halogens is 2. The lowest BCUT2D eigenvalue weighted by atomic mass is 10.3. The minimum absolute atomic E-state index is 0.0776. The molecule has 0 saturated heterocycles. The van der Waals surface area contributed by atoms with Crippen molar-refractivity contribution in [3.8, 4) is 0 Å². The van der Waals surface area contributed by atoms with Gasteiger partial charge in [0.25, 0.3) is 6.43 Å². The maximum absolute atomic E-state index is 11.9. The molecule has 1 aromatic heterocycles. The van der Waals surface area contributed by atoms with Gasteiger partial charge < -0.3 is 5.73 Å². The second-order valence-corrected chi connectivity index (χ2v) is 4.63. The Morgan fingerprint density at radius 2 is 2.19 bits per heavy atom. The van der Waals surface area contributed by atoms with Crippen LogP contribution in [0.1, 0.15) is 5.69 Å². The van der Waals surface area contributed by atoms with Crippen LogP contribution in [0.15, 0.2) is 23.2 Å². The summed E-state index contributed by atoms with van der Waals surface area (Å²) in [5.74, 6) is 0. The number of rotatable bonds is 5. The van der Waals surface area contributed by atoms with Crippen molar-refractivity contribution in [1.82, 2.24) is 9.71 Å². The molecule has 0 saturated carbocycles. The van der Waals surface area contributed by atoms with Crippen LogP contribution in [-0.2, 0) is 16.6 Å². The number of sulfonamides is 1. The van der Waals surface area contributed by atoms with Crippen molar-refractivity contribution in [2.75, 3.05) is 6.54 Å². The first-order valence-electron chi connectivity index (χ1n) is 4.39. The minimum atomic E-state index is -3.97. The summed E-state index contributed by atoms with van der Waals surface area (Å²) in [6, 6.07) is 2.67. The molecule has 0 aromatic carbocycles. The molecule has 0 radical (unpaired) electrons. The van der Waals surface area contributed by atoms with E-state index in [0.717, 1.165) is 0 Å². The standard InChI is InChI=1S/C8H11F2N3O2S/c9-8(10)5-13-16(14,15)7-2-1-3-12-6(7)4-11/h1-3,8,13H,4-5,11H2. The van der Waals surface area contributed by atoms with E-state index in [4.69, 9.17) is 5.73 Å². The first kappa shape index (κ1) is 12.9. The molecule has 1 heterocycles. The summed E-state index contributed by atoms with van der Waals surface area (Å²) >= 11 is 0. The molecule has 3 N–H and O–H groups in total. The van der Waals surface area contributed by atoms with Crippen molar-refractivity contribution in [3.63, 3.8) is 0 Å². The van der Waals surface area contributed by atoms with Gasteiger partial charge in [-0.05, 0) is 12.1 Å². The van der Waals surface area contributed by atoms with Crippen molar-refractivity contribution in [2.24, 2.45) is 5.73 Å². The van der Waals surface area contributed by atoms with Crippen molar-refractivity contribution in [3.05, 3.63) is 24.0 Å². The predicted molar refractivity (Wildman–Crippen MR) is 53.3 cm³/mol. The Balaban J connectivity index is 2.98. The molecule has 1 aromatic rings. The highest BCUT2D eigenvalue weighted by Crippen LogP contribution is 2.12. The van der Waals surface area contributed by atoms with Gasteiger partial charge in [0.1, 0.15) is 4.90 Å². The average Bonchev–Trinajstić information content (AvgIpc) is 2.26. The Hall–Kier alpha value is -1.12. The van der Waals surface area contributed by atoms with Crippen LogP contribution in [0, 0.1) is 0 Å². The molecule has 0 unspecified atom stereocenters. The highest BCUT2D eigenvalue weighted by atomic mass is 32.2. The normalized spacial score (nSPS) is 12.0. The van der Waals surface area contributed by atoms with Gasteiger partial charge in [0, 0.05) is 12.7 Å². The first-order valence-corrected chi connectivity index (χ1v) is 5.87. The fourth-order valence-electron chi connectivity index (χ4n) is 1.07. The largest absolute Gasteiger partial charge is 0.325 e. The third-order valence-electron chi connectivity index (χ3n) is 1.76. The number of alkyl halides is 2. The SMILES string of the molecule is NCc1ncccc1S(=O)(=O)NCC(F)F. The van der Waals surface area contributed by atoms with Crippen LogP contribution in [0.2, 0.25) is 0 Å². The number of aromatic nitrogens is 1. The smallest absolute Gasteiger partial charge is 0.251 e. The van der Waals surface area contributed by atoms with Crippen LogP contribution < -0.4 is 10.5 Å². The van der Waals surface area contributed by atoms with Crippen molar-refractivity contribution >= 4 is 10.0 Å². The van der Waals surface area contributed by atoms with Gasteiger partial charge in [0.05, 0.1) is 12.2 Å². The minimum Gasteiger partial charge on any atom is -0.325 e. The molecule has 0 atom stereocenters. The van der Waals surface area contributed by atoms with Gasteiger partial charge in [0.2, 0.25) is 10.0 Å². The van der Waals surface area contributed by atoms with Gasteiger partial charge >= 0.3 is 0 Å². The molecule has 0 aliphatic rings. The zero-order valence-electron chi connectivity index (χ0n) is 8.23. The van der Waals surface area contributed by atoms with E-state index in [2.05, 4.69) is 4.98 Å². The molecule has 8 heteroatoms. The van der Waals surface area contributed by atoms with Crippen LogP contribution in [0.3, 0.4) is 0 Å². The molecule has 5 nitrogen and oxygen atoms in total. The lowest BCUT2D eigenvalue weighted by Crippen LogP contribution is -2.29. The molecule has 0 fully saturated rings. The summed E-state index contributed by atoms with van der Waals surface area (Å²) < 4.78 is 48.7. The Labute approximate surface area is 91.7 Å². The summed E-state index contributed by atoms with van der Waals surface area (Å²) in [6.07, 6.45) is -1.36. The average molecular weight is 251 g/mol. The van der Waals surface area contributed by atoms with E-state index in [1.807, 2.05) is 0 Å². The molecular formula is C8H11F2N3O2S. The van der Waals surface area contributed by atoms with Gasteiger partial charge in [-0.2, -0.15) is 0 Å². The summed E-state index contributed by atoms with van der Waals surface area (Å²) in [7, 11) is -3.97. The highest BCUT2D eigenvalue weighted by Gasteiger charge is 2.19. The molecular weight excluding hydrogens is 240 g/mol. The van der Waals surface area contributed by atoms with Gasteiger partial charge in [-0.3, -0.25) is 4.98 Å². The summed E-state index contributed by atoms with van der Waals surface area (Å²) in [5, 5.41) is 0. The van der Waals surface area contributed by atoms with E-state index in [1.54, 1.807) is 4.72 Å². The molecule has 0 amide bonds. The molecule has 1 rings (SSSR count). The van der Waals surface area contributed by atoms with Crippen LogP contribution in [0.25, 0.3) is 0 Å². The first-order chi connectivity index (χ1) is 7.47. The van der Waals surface area contributed by atoms with Crippen molar-refractivity contribution < 1.29 is 17.2 Å². The van der Waals surface area contributed by atoms with Gasteiger partial charge in [-0.15, -0.1) is 0 Å². The van der Waals surface area contributed by atoms with E-state index in [0.29, 0.717) is 0 Å². The molecule has 0 spiro atoms. The lowest BCUT2D eigenvalue weighted by molar-refractivity contribution is 0.153. The quantitative estimate of drug-likeness (QED) is 0.776. The van der Waals surface area contributed by atoms with Crippen LogP contribution in [0.5, 0.6) is 0 Å². The lowest BCUT2D eigenvalue weighted by Gasteiger charge is -2.08. The molecule has 90 valence electrons. The van der Waals surface area contributed by atoms with Gasteiger partial charge in [-0.1, -0.05) is 0 Å². The van der Waals surface area contributed by atoms with Crippen LogP contribution in [0.4, 0.5) is 8.78 Å². The Kier molecular flexibility index (Phi) is 4.27. The predicted octanol–water partition coefficient (Wildman–Crippen LogP) is 0.0837. The van der Waals surface area contributed by atoms with Crippen LogP contribution >= 0.6 is 0 Å². The maximum atomic E-state index is 11.9. The monoisotopic (exact) mass is 251 g/mol. The van der Waals surface area contributed by atoms with E-state index in [-0.39, 0.29) is 17.1 Å². The van der Waals surface area contributed by atoms with Crippen molar-refractivity contribution in [1.29, 1.82) is 0 Å². The highest BCUT2D eigenvalue weighted by molar-refractivity contribution is 7.89. The topological polar surface area (TPSA) is 85.1 Å². The molecule has 16 heavy (non-hydrogen) atoms. The molecule has 0 aliphatic carbocycles. The number of pyridine rings is 1. The van der Waals surface area contributed by atoms with E-state index in [9.17, 15) is 17.2 Å². The van der Waals surface area contributed by atoms with E-state index >= 15 is 0 Å². The zero-order valence-corrected chi connectivity index (χ0v) is 9.05.